The minimum Gasteiger partial charge on any atom is -0.497 e. The summed E-state index contributed by atoms with van der Waals surface area (Å²) in [5, 5.41) is 3.53. The fourth-order valence-corrected chi connectivity index (χ4v) is 0.802. The van der Waals surface area contributed by atoms with Crippen molar-refractivity contribution in [3.8, 4) is 5.75 Å². The Bertz CT molecular complexity index is 296. The van der Waals surface area contributed by atoms with Gasteiger partial charge in [-0.15, -0.1) is 0 Å². The maximum Gasteiger partial charge on any atom is 0.122 e. The third-order valence-corrected chi connectivity index (χ3v) is 1.53. The topological polar surface area (TPSA) is 60.5 Å². The first-order chi connectivity index (χ1) is 5.77. The van der Waals surface area contributed by atoms with E-state index in [-0.39, 0.29) is 0 Å². The van der Waals surface area contributed by atoms with Gasteiger partial charge in [0.15, 0.2) is 0 Å². The molecule has 0 spiro atoms. The number of aromatic nitrogens is 1. The molecule has 0 saturated heterocycles. The van der Waals surface area contributed by atoms with Crippen molar-refractivity contribution in [2.45, 2.75) is 6.92 Å². The van der Waals surface area contributed by atoms with E-state index in [0.29, 0.717) is 5.71 Å². The molecule has 0 fully saturated rings. The molecule has 0 aromatic carbocycles. The number of rotatable bonds is 2. The molecule has 1 rings (SSSR count). The average molecular weight is 165 g/mol. The molecule has 12 heavy (non-hydrogen) atoms. The fourth-order valence-electron chi connectivity index (χ4n) is 0.802. The lowest BCUT2D eigenvalue weighted by molar-refractivity contribution is 0.414. The predicted octanol–water partition coefficient (Wildman–Crippen LogP) is 0.773. The van der Waals surface area contributed by atoms with Crippen molar-refractivity contribution in [2.75, 3.05) is 7.11 Å². The summed E-state index contributed by atoms with van der Waals surface area (Å²) in [5.41, 5.74) is 1.42. The highest BCUT2D eigenvalue weighted by atomic mass is 16.5. The monoisotopic (exact) mass is 165 g/mol. The van der Waals surface area contributed by atoms with Crippen LogP contribution >= 0.6 is 0 Å². The zero-order valence-corrected chi connectivity index (χ0v) is 7.11. The Labute approximate surface area is 71.1 Å². The lowest BCUT2D eigenvalue weighted by Gasteiger charge is -2.01. The van der Waals surface area contributed by atoms with Crippen LogP contribution in [0.25, 0.3) is 0 Å². The Morgan fingerprint density at radius 2 is 2.42 bits per heavy atom. The van der Waals surface area contributed by atoms with Crippen LogP contribution in [0.15, 0.2) is 23.4 Å². The van der Waals surface area contributed by atoms with E-state index >= 15 is 0 Å². The van der Waals surface area contributed by atoms with Gasteiger partial charge in [0.1, 0.15) is 5.75 Å². The fraction of sp³-hybridized carbons (Fsp3) is 0.250. The first kappa shape index (κ1) is 8.52. The van der Waals surface area contributed by atoms with Gasteiger partial charge < -0.3 is 10.6 Å². The van der Waals surface area contributed by atoms with Gasteiger partial charge in [-0.3, -0.25) is 4.98 Å². The smallest absolute Gasteiger partial charge is 0.122 e. The number of ether oxygens (including phenoxy) is 1. The van der Waals surface area contributed by atoms with Crippen molar-refractivity contribution in [3.63, 3.8) is 0 Å². The maximum absolute atomic E-state index is 5.10. The van der Waals surface area contributed by atoms with Crippen LogP contribution in [0.4, 0.5) is 0 Å². The normalized spacial score (nSPS) is 11.3. The van der Waals surface area contributed by atoms with Gasteiger partial charge in [0.2, 0.25) is 0 Å². The number of pyridine rings is 1. The molecule has 1 aromatic heterocycles. The summed E-state index contributed by atoms with van der Waals surface area (Å²) in [5.74, 6) is 5.86. The summed E-state index contributed by atoms with van der Waals surface area (Å²) < 4.78 is 5.01. The van der Waals surface area contributed by atoms with Crippen LogP contribution in [0.5, 0.6) is 5.75 Å². The molecule has 64 valence electrons. The minimum atomic E-state index is 0.689. The summed E-state index contributed by atoms with van der Waals surface area (Å²) in [7, 11) is 1.61. The number of hydrazone groups is 1. The average Bonchev–Trinajstić information content (AvgIpc) is 2.17. The third kappa shape index (κ3) is 1.72. The second-order valence-electron chi connectivity index (χ2n) is 2.30. The Morgan fingerprint density at radius 3 is 3.00 bits per heavy atom. The molecule has 1 heterocycles. The first-order valence-electron chi connectivity index (χ1n) is 3.53. The van der Waals surface area contributed by atoms with Crippen molar-refractivity contribution in [2.24, 2.45) is 10.9 Å². The van der Waals surface area contributed by atoms with Crippen LogP contribution in [0.2, 0.25) is 0 Å². The van der Waals surface area contributed by atoms with Gasteiger partial charge in [0, 0.05) is 12.3 Å². The van der Waals surface area contributed by atoms with Crippen LogP contribution < -0.4 is 10.6 Å². The van der Waals surface area contributed by atoms with Gasteiger partial charge in [0.25, 0.3) is 0 Å². The molecule has 0 aliphatic rings. The third-order valence-electron chi connectivity index (χ3n) is 1.53. The standard InChI is InChI=1S/C8H11N3O/c1-6(11-9)8-5-7(12-2)3-4-10-8/h3-5H,9H2,1-2H3/b11-6+. The summed E-state index contributed by atoms with van der Waals surface area (Å²) in [6, 6.07) is 3.55. The van der Waals surface area contributed by atoms with E-state index < -0.39 is 0 Å². The van der Waals surface area contributed by atoms with Crippen molar-refractivity contribution >= 4 is 5.71 Å². The van der Waals surface area contributed by atoms with Crippen molar-refractivity contribution < 1.29 is 4.74 Å². The second-order valence-corrected chi connectivity index (χ2v) is 2.30. The Kier molecular flexibility index (Phi) is 2.63. The van der Waals surface area contributed by atoms with Gasteiger partial charge in [0.05, 0.1) is 18.5 Å². The quantitative estimate of drug-likeness (QED) is 0.400. The number of nitrogens with two attached hydrogens (primary N) is 1. The molecule has 0 aliphatic carbocycles. The molecule has 0 unspecified atom stereocenters. The van der Waals surface area contributed by atoms with Crippen LogP contribution in [0.1, 0.15) is 12.6 Å². The Morgan fingerprint density at radius 1 is 1.67 bits per heavy atom. The lowest BCUT2D eigenvalue weighted by Crippen LogP contribution is -2.01. The van der Waals surface area contributed by atoms with E-state index in [9.17, 15) is 0 Å². The molecule has 0 saturated carbocycles. The van der Waals surface area contributed by atoms with Crippen LogP contribution in [0.3, 0.4) is 0 Å². The zero-order chi connectivity index (χ0) is 8.97. The SMILES string of the molecule is COc1ccnc(/C(C)=N/N)c1. The van der Waals surface area contributed by atoms with Crippen LogP contribution in [0, 0.1) is 0 Å². The predicted molar refractivity (Wildman–Crippen MR) is 47.2 cm³/mol. The van der Waals surface area contributed by atoms with Crippen LogP contribution in [-0.2, 0) is 0 Å². The van der Waals surface area contributed by atoms with Gasteiger partial charge in [-0.1, -0.05) is 0 Å². The van der Waals surface area contributed by atoms with E-state index in [0.717, 1.165) is 11.4 Å². The van der Waals surface area contributed by atoms with Gasteiger partial charge in [-0.2, -0.15) is 5.10 Å². The van der Waals surface area contributed by atoms with Crippen molar-refractivity contribution in [1.82, 2.24) is 4.98 Å². The Balaban J connectivity index is 3.02. The molecule has 0 radical (unpaired) electrons. The van der Waals surface area contributed by atoms with Crippen molar-refractivity contribution in [3.05, 3.63) is 24.0 Å². The molecule has 4 nitrogen and oxygen atoms in total. The highest BCUT2D eigenvalue weighted by Crippen LogP contribution is 2.09. The number of hydrogen-bond acceptors (Lipinski definition) is 4. The molecule has 0 atom stereocenters. The van der Waals surface area contributed by atoms with Gasteiger partial charge in [-0.05, 0) is 13.0 Å². The van der Waals surface area contributed by atoms with Crippen LogP contribution in [-0.4, -0.2) is 17.8 Å². The highest BCUT2D eigenvalue weighted by molar-refractivity contribution is 5.96. The number of methoxy groups -OCH3 is 1. The molecular formula is C8H11N3O. The van der Waals surface area contributed by atoms with E-state index in [1.54, 1.807) is 32.4 Å². The summed E-state index contributed by atoms with van der Waals surface area (Å²) in [6.07, 6.45) is 1.66. The molecular weight excluding hydrogens is 154 g/mol. The van der Waals surface area contributed by atoms with E-state index in [2.05, 4.69) is 10.1 Å². The Hall–Kier alpha value is -1.58. The second kappa shape index (κ2) is 3.71. The van der Waals surface area contributed by atoms with E-state index in [4.69, 9.17) is 10.6 Å². The van der Waals surface area contributed by atoms with E-state index in [1.807, 2.05) is 0 Å². The molecule has 4 heteroatoms. The summed E-state index contributed by atoms with van der Waals surface area (Å²) >= 11 is 0. The summed E-state index contributed by atoms with van der Waals surface area (Å²) in [6.45, 7) is 1.79. The maximum atomic E-state index is 5.10. The molecule has 0 bridgehead atoms. The lowest BCUT2D eigenvalue weighted by atomic mass is 10.2. The molecule has 0 aliphatic heterocycles. The molecule has 2 N–H and O–H groups in total. The van der Waals surface area contributed by atoms with Gasteiger partial charge >= 0.3 is 0 Å². The van der Waals surface area contributed by atoms with E-state index in [1.165, 1.54) is 0 Å². The molecule has 0 amide bonds. The molecule has 1 aromatic rings. The highest BCUT2D eigenvalue weighted by Gasteiger charge is 1.99. The number of nitrogens with zero attached hydrogens (tertiary/aromatic N) is 2. The zero-order valence-electron chi connectivity index (χ0n) is 7.11. The van der Waals surface area contributed by atoms with Crippen molar-refractivity contribution in [1.29, 1.82) is 0 Å². The first-order valence-corrected chi connectivity index (χ1v) is 3.53. The minimum absolute atomic E-state index is 0.689. The summed E-state index contributed by atoms with van der Waals surface area (Å²) in [4.78, 5) is 4.07. The largest absolute Gasteiger partial charge is 0.497 e. The van der Waals surface area contributed by atoms with Gasteiger partial charge in [-0.25, -0.2) is 0 Å². The number of hydrogen-bond donors (Lipinski definition) is 1.